The van der Waals surface area contributed by atoms with Gasteiger partial charge in [0, 0.05) is 18.1 Å². The van der Waals surface area contributed by atoms with Crippen LogP contribution in [0.3, 0.4) is 0 Å². The highest BCUT2D eigenvalue weighted by atomic mass is 32.1. The Morgan fingerprint density at radius 3 is 2.63 bits per heavy atom. The molecule has 1 heterocycles. The zero-order valence-corrected chi connectivity index (χ0v) is 11.2. The maximum Gasteiger partial charge on any atom is 0.131 e. The summed E-state index contributed by atoms with van der Waals surface area (Å²) in [5, 5.41) is 12.7. The smallest absolute Gasteiger partial charge is 0.131 e. The zero-order valence-electron chi connectivity index (χ0n) is 10.4. The lowest BCUT2D eigenvalue weighted by Crippen LogP contribution is -2.25. The van der Waals surface area contributed by atoms with Gasteiger partial charge in [-0.15, -0.1) is 11.3 Å². The van der Waals surface area contributed by atoms with Crippen LogP contribution in [0.25, 0.3) is 0 Å². The van der Waals surface area contributed by atoms with Crippen molar-refractivity contribution in [2.24, 2.45) is 0 Å². The quantitative estimate of drug-likeness (QED) is 0.917. The van der Waals surface area contributed by atoms with Crippen molar-refractivity contribution in [3.8, 4) is 0 Å². The van der Waals surface area contributed by atoms with Crippen LogP contribution in [0.1, 0.15) is 16.7 Å². The molecule has 6 heteroatoms. The molecule has 1 aromatic heterocycles. The summed E-state index contributed by atoms with van der Waals surface area (Å²) in [6.45, 7) is 0.669. The molecule has 0 saturated heterocycles. The minimum atomic E-state index is -1.20. The second-order valence-corrected chi connectivity index (χ2v) is 5.25. The van der Waals surface area contributed by atoms with Crippen molar-refractivity contribution < 1.29 is 13.9 Å². The van der Waals surface area contributed by atoms with Crippen molar-refractivity contribution >= 4 is 11.3 Å². The SMILES string of the molecule is CN(Cc1nccs1)CC(O)c1c(F)cccc1F. The standard InChI is InChI=1S/C13H14F2N2OS/c1-17(8-12-16-5-6-19-12)7-11(18)13-9(14)3-2-4-10(13)15/h2-6,11,18H,7-8H2,1H3. The third kappa shape index (κ3) is 3.56. The van der Waals surface area contributed by atoms with Gasteiger partial charge in [-0.05, 0) is 19.2 Å². The van der Waals surface area contributed by atoms with Crippen molar-refractivity contribution in [2.75, 3.05) is 13.6 Å². The van der Waals surface area contributed by atoms with Crippen LogP contribution < -0.4 is 0 Å². The first kappa shape index (κ1) is 14.0. The first-order valence-electron chi connectivity index (χ1n) is 5.77. The molecule has 19 heavy (non-hydrogen) atoms. The molecule has 1 N–H and O–H groups in total. The molecule has 1 aromatic carbocycles. The van der Waals surface area contributed by atoms with Crippen molar-refractivity contribution in [1.82, 2.24) is 9.88 Å². The maximum absolute atomic E-state index is 13.5. The Labute approximate surface area is 114 Å². The molecule has 1 unspecified atom stereocenters. The number of rotatable bonds is 5. The highest BCUT2D eigenvalue weighted by Gasteiger charge is 2.19. The number of aliphatic hydroxyl groups excluding tert-OH is 1. The summed E-state index contributed by atoms with van der Waals surface area (Å²) in [4.78, 5) is 5.89. The van der Waals surface area contributed by atoms with Crippen molar-refractivity contribution in [3.63, 3.8) is 0 Å². The summed E-state index contributed by atoms with van der Waals surface area (Å²) in [5.41, 5.74) is -0.284. The number of aliphatic hydroxyl groups is 1. The van der Waals surface area contributed by atoms with E-state index in [1.54, 1.807) is 18.1 Å². The largest absolute Gasteiger partial charge is 0.387 e. The Balaban J connectivity index is 2.02. The second-order valence-electron chi connectivity index (χ2n) is 4.27. The summed E-state index contributed by atoms with van der Waals surface area (Å²) < 4.78 is 27.0. The Kier molecular flexibility index (Phi) is 4.57. The van der Waals surface area contributed by atoms with Crippen LogP contribution in [-0.4, -0.2) is 28.6 Å². The maximum atomic E-state index is 13.5. The van der Waals surface area contributed by atoms with E-state index < -0.39 is 17.7 Å². The van der Waals surface area contributed by atoms with Gasteiger partial charge < -0.3 is 5.11 Å². The molecule has 0 spiro atoms. The third-order valence-electron chi connectivity index (χ3n) is 2.71. The van der Waals surface area contributed by atoms with E-state index in [0.29, 0.717) is 6.54 Å². The molecule has 1 atom stereocenters. The van der Waals surface area contributed by atoms with Crippen LogP contribution in [0.15, 0.2) is 29.8 Å². The van der Waals surface area contributed by atoms with Gasteiger partial charge in [-0.1, -0.05) is 6.07 Å². The Morgan fingerprint density at radius 2 is 2.05 bits per heavy atom. The normalized spacial score (nSPS) is 12.9. The second kappa shape index (κ2) is 6.18. The van der Waals surface area contributed by atoms with Crippen LogP contribution in [0.4, 0.5) is 8.78 Å². The van der Waals surface area contributed by atoms with Crippen LogP contribution in [-0.2, 0) is 6.54 Å². The van der Waals surface area contributed by atoms with Crippen LogP contribution in [0, 0.1) is 11.6 Å². The lowest BCUT2D eigenvalue weighted by molar-refractivity contribution is 0.117. The van der Waals surface area contributed by atoms with E-state index in [9.17, 15) is 13.9 Å². The average molecular weight is 284 g/mol. The molecule has 0 amide bonds. The molecule has 0 bridgehead atoms. The topological polar surface area (TPSA) is 36.4 Å². The van der Waals surface area contributed by atoms with Crippen LogP contribution in [0.5, 0.6) is 0 Å². The fourth-order valence-electron chi connectivity index (χ4n) is 1.84. The monoisotopic (exact) mass is 284 g/mol. The lowest BCUT2D eigenvalue weighted by Gasteiger charge is -2.20. The fourth-order valence-corrected chi connectivity index (χ4v) is 2.54. The summed E-state index contributed by atoms with van der Waals surface area (Å²) >= 11 is 1.50. The molecule has 3 nitrogen and oxygen atoms in total. The molecule has 0 aliphatic heterocycles. The Bertz CT molecular complexity index is 513. The molecule has 0 aliphatic rings. The van der Waals surface area contributed by atoms with Crippen LogP contribution in [0.2, 0.25) is 0 Å². The molecule has 102 valence electrons. The van der Waals surface area contributed by atoms with Gasteiger partial charge in [0.25, 0.3) is 0 Å². The minimum absolute atomic E-state index is 0.136. The molecule has 0 fully saturated rings. The van der Waals surface area contributed by atoms with E-state index in [-0.39, 0.29) is 12.1 Å². The van der Waals surface area contributed by atoms with Crippen molar-refractivity contribution in [1.29, 1.82) is 0 Å². The highest BCUT2D eigenvalue weighted by Crippen LogP contribution is 2.21. The highest BCUT2D eigenvalue weighted by molar-refractivity contribution is 7.09. The van der Waals surface area contributed by atoms with Crippen molar-refractivity contribution in [2.45, 2.75) is 12.6 Å². The number of likely N-dealkylation sites (N-methyl/N-ethyl adjacent to an activating group) is 1. The average Bonchev–Trinajstić information content (AvgIpc) is 2.81. The van der Waals surface area contributed by atoms with E-state index in [0.717, 1.165) is 17.1 Å². The van der Waals surface area contributed by atoms with Crippen molar-refractivity contribution in [3.05, 3.63) is 52.0 Å². The Hall–Kier alpha value is -1.37. The Morgan fingerprint density at radius 1 is 1.37 bits per heavy atom. The van der Waals surface area contributed by atoms with Gasteiger partial charge in [-0.3, -0.25) is 4.90 Å². The van der Waals surface area contributed by atoms with Crippen LogP contribution >= 0.6 is 11.3 Å². The first-order valence-corrected chi connectivity index (χ1v) is 6.64. The molecule has 0 saturated carbocycles. The first-order chi connectivity index (χ1) is 9.08. The third-order valence-corrected chi connectivity index (χ3v) is 3.47. The summed E-state index contributed by atoms with van der Waals surface area (Å²) in [7, 11) is 1.77. The number of benzene rings is 1. The number of nitrogens with zero attached hydrogens (tertiary/aromatic N) is 2. The summed E-state index contributed by atoms with van der Waals surface area (Å²) in [6, 6.07) is 3.56. The molecule has 2 aromatic rings. The zero-order chi connectivity index (χ0) is 13.8. The molecular weight excluding hydrogens is 270 g/mol. The predicted octanol–water partition coefficient (Wildman–Crippen LogP) is 2.59. The number of halogens is 2. The van der Waals surface area contributed by atoms with Gasteiger partial charge in [-0.2, -0.15) is 0 Å². The van der Waals surface area contributed by atoms with E-state index >= 15 is 0 Å². The van der Waals surface area contributed by atoms with E-state index in [4.69, 9.17) is 0 Å². The van der Waals surface area contributed by atoms with E-state index in [2.05, 4.69) is 4.98 Å². The molecular formula is C13H14F2N2OS. The van der Waals surface area contributed by atoms with Gasteiger partial charge in [0.1, 0.15) is 16.6 Å². The van der Waals surface area contributed by atoms with Gasteiger partial charge in [0.05, 0.1) is 18.2 Å². The lowest BCUT2D eigenvalue weighted by atomic mass is 10.1. The van der Waals surface area contributed by atoms with Gasteiger partial charge in [0.15, 0.2) is 0 Å². The van der Waals surface area contributed by atoms with Gasteiger partial charge >= 0.3 is 0 Å². The number of hydrogen-bond acceptors (Lipinski definition) is 4. The van der Waals surface area contributed by atoms with Gasteiger partial charge in [-0.25, -0.2) is 13.8 Å². The fraction of sp³-hybridized carbons (Fsp3) is 0.308. The summed E-state index contributed by atoms with van der Waals surface area (Å²) in [6.07, 6.45) is 0.493. The van der Waals surface area contributed by atoms with E-state index in [1.165, 1.54) is 17.4 Å². The number of thiazole rings is 1. The van der Waals surface area contributed by atoms with E-state index in [1.807, 2.05) is 5.38 Å². The summed E-state index contributed by atoms with van der Waals surface area (Å²) in [5.74, 6) is -1.45. The predicted molar refractivity (Wildman–Crippen MR) is 69.8 cm³/mol. The molecule has 2 rings (SSSR count). The minimum Gasteiger partial charge on any atom is -0.387 e. The molecule has 0 aliphatic carbocycles. The number of hydrogen-bond donors (Lipinski definition) is 1. The number of aromatic nitrogens is 1. The van der Waals surface area contributed by atoms with Gasteiger partial charge in [0.2, 0.25) is 0 Å². The molecule has 0 radical (unpaired) electrons.